The Balaban J connectivity index is 0.000000335. The van der Waals surface area contributed by atoms with Gasteiger partial charge in [-0.05, 0) is 95.6 Å². The maximum absolute atomic E-state index is 11.7. The molecule has 5 aromatic rings. The molecule has 53 heavy (non-hydrogen) atoms. The first-order valence-corrected chi connectivity index (χ1v) is 20.5. The molecule has 1 fully saturated rings. The fourth-order valence-electron chi connectivity index (χ4n) is 9.00. The summed E-state index contributed by atoms with van der Waals surface area (Å²) in [4.78, 5) is 16.6. The van der Waals surface area contributed by atoms with E-state index in [9.17, 15) is 9.90 Å². The van der Waals surface area contributed by atoms with E-state index in [2.05, 4.69) is 109 Å². The number of hydrogen-bond donors (Lipinski definition) is 1. The number of pyridine rings is 1. The molecule has 0 unspecified atom stereocenters. The summed E-state index contributed by atoms with van der Waals surface area (Å²) >= 11 is 1.90. The topological polar surface area (TPSA) is 50.2 Å². The summed E-state index contributed by atoms with van der Waals surface area (Å²) in [7, 11) is 0. The standard InChI is InChI=1S/C35H38NS.C13H24O2.Ir/c1-33(2,3)29-17-24(16-23-10-8-9-11-26(23)29)31-32-28(14-15-36-31)27-13-12-22(18-30(27)37-32)25-19-34(4,5)21-35(6,7)20-25;1-5-10(6-2)12(14)9-13(15)11(7-3)8-4;/h8-15,17-18,25H,19-21H2,1-7H3;9-11,14H,5-8H2,1-4H3;/q-1;;/b;12-9-;. The molecule has 5 heteroatoms. The summed E-state index contributed by atoms with van der Waals surface area (Å²) in [6, 6.07) is 24.1. The number of nitrogens with zero attached hydrogens (tertiary/aromatic N) is 1. The number of allylic oxidation sites excluding steroid dienone is 2. The van der Waals surface area contributed by atoms with Gasteiger partial charge in [0.25, 0.3) is 0 Å². The molecule has 1 radical (unpaired) electrons. The van der Waals surface area contributed by atoms with Gasteiger partial charge in [-0.2, -0.15) is 0 Å². The molecule has 0 saturated heterocycles. The minimum Gasteiger partial charge on any atom is -0.512 e. The van der Waals surface area contributed by atoms with Crippen LogP contribution in [0.1, 0.15) is 138 Å². The molecule has 0 aliphatic heterocycles. The number of aromatic nitrogens is 1. The number of hydrogen-bond acceptors (Lipinski definition) is 4. The molecule has 2 heterocycles. The smallest absolute Gasteiger partial charge is 0.162 e. The normalized spacial score (nSPS) is 16.2. The molecular formula is C48H62IrNO2S-. The average Bonchev–Trinajstić information content (AvgIpc) is 3.45. The molecular weight excluding hydrogens is 847 g/mol. The van der Waals surface area contributed by atoms with Crippen molar-refractivity contribution in [3.8, 4) is 11.3 Å². The molecule has 3 nitrogen and oxygen atoms in total. The number of carbonyl (C=O) groups is 1. The fourth-order valence-corrected chi connectivity index (χ4v) is 10.3. The van der Waals surface area contributed by atoms with Crippen molar-refractivity contribution in [2.75, 3.05) is 0 Å². The average molecular weight is 909 g/mol. The van der Waals surface area contributed by atoms with Gasteiger partial charge in [-0.25, -0.2) is 0 Å². The third-order valence-electron chi connectivity index (χ3n) is 11.4. The summed E-state index contributed by atoms with van der Waals surface area (Å²) in [5.41, 5.74) is 5.80. The first kappa shape index (κ1) is 42.9. The largest absolute Gasteiger partial charge is 0.512 e. The van der Waals surface area contributed by atoms with E-state index in [1.54, 1.807) is 0 Å². The predicted molar refractivity (Wildman–Crippen MR) is 226 cm³/mol. The first-order valence-electron chi connectivity index (χ1n) is 19.7. The van der Waals surface area contributed by atoms with Crippen molar-refractivity contribution in [3.63, 3.8) is 0 Å². The maximum atomic E-state index is 11.7. The van der Waals surface area contributed by atoms with E-state index >= 15 is 0 Å². The molecule has 0 bridgehead atoms. The van der Waals surface area contributed by atoms with Crippen LogP contribution in [0, 0.1) is 28.7 Å². The van der Waals surface area contributed by atoms with E-state index in [0.717, 1.165) is 42.3 Å². The second-order valence-electron chi connectivity index (χ2n) is 17.9. The quantitative estimate of drug-likeness (QED) is 0.0911. The van der Waals surface area contributed by atoms with Gasteiger partial charge in [0.15, 0.2) is 5.78 Å². The van der Waals surface area contributed by atoms with Crippen molar-refractivity contribution in [1.82, 2.24) is 4.98 Å². The maximum Gasteiger partial charge on any atom is 0.162 e. The van der Waals surface area contributed by atoms with E-state index in [-0.39, 0.29) is 48.9 Å². The van der Waals surface area contributed by atoms with Gasteiger partial charge in [0, 0.05) is 59.3 Å². The zero-order chi connectivity index (χ0) is 38.0. The number of ketones is 1. The SMILES string of the molecule is CC1(C)CC(c2ccc3c(c2)sc2c(-c4[c-]c5ccccc5c(C(C)(C)C)c4)nccc23)CC(C)(C)C1.CCC(CC)C(=O)/C=C(\O)C(CC)CC.[Ir]. The minimum atomic E-state index is 0. The third kappa shape index (κ3) is 9.88. The predicted octanol–water partition coefficient (Wildman–Crippen LogP) is 14.6. The van der Waals surface area contributed by atoms with Crippen molar-refractivity contribution in [3.05, 3.63) is 89.8 Å². The zero-order valence-electron chi connectivity index (χ0n) is 34.1. The molecule has 1 aliphatic carbocycles. The molecule has 3 aromatic carbocycles. The van der Waals surface area contributed by atoms with Gasteiger partial charge in [0.1, 0.15) is 0 Å². The molecule has 2 aromatic heterocycles. The van der Waals surface area contributed by atoms with Crippen molar-refractivity contribution in [2.45, 2.75) is 132 Å². The van der Waals surface area contributed by atoms with E-state index in [4.69, 9.17) is 4.98 Å². The van der Waals surface area contributed by atoms with Crippen LogP contribution in [-0.4, -0.2) is 15.9 Å². The fraction of sp³-hybridized carbons (Fsp3) is 0.500. The first-order chi connectivity index (χ1) is 24.5. The van der Waals surface area contributed by atoms with Crippen LogP contribution >= 0.6 is 11.3 Å². The zero-order valence-corrected chi connectivity index (χ0v) is 37.3. The molecule has 287 valence electrons. The number of carbonyl (C=O) groups excluding carboxylic acids is 1. The minimum absolute atomic E-state index is 0. The van der Waals surface area contributed by atoms with Gasteiger partial charge in [-0.3, -0.25) is 9.78 Å². The van der Waals surface area contributed by atoms with E-state index in [1.165, 1.54) is 62.0 Å². The molecule has 0 amide bonds. The van der Waals surface area contributed by atoms with Crippen LogP contribution < -0.4 is 0 Å². The van der Waals surface area contributed by atoms with Crippen LogP contribution in [0.25, 0.3) is 42.2 Å². The Kier molecular flexibility index (Phi) is 14.0. The van der Waals surface area contributed by atoms with Crippen LogP contribution in [0.2, 0.25) is 0 Å². The van der Waals surface area contributed by atoms with Crippen LogP contribution in [-0.2, 0) is 30.3 Å². The van der Waals surface area contributed by atoms with Gasteiger partial charge in [-0.15, -0.1) is 40.5 Å². The van der Waals surface area contributed by atoms with E-state index in [0.29, 0.717) is 16.7 Å². The van der Waals surface area contributed by atoms with Gasteiger partial charge in [0.2, 0.25) is 0 Å². The van der Waals surface area contributed by atoms with Crippen molar-refractivity contribution in [2.24, 2.45) is 22.7 Å². The van der Waals surface area contributed by atoms with Crippen LogP contribution in [0.5, 0.6) is 0 Å². The number of aliphatic hydroxyl groups excluding tert-OH is 1. The summed E-state index contributed by atoms with van der Waals surface area (Å²) in [6.45, 7) is 24.7. The Labute approximate surface area is 337 Å². The number of thiophene rings is 1. The Morgan fingerprint density at radius 1 is 0.887 bits per heavy atom. The van der Waals surface area contributed by atoms with Crippen LogP contribution in [0.15, 0.2) is 72.6 Å². The van der Waals surface area contributed by atoms with Crippen molar-refractivity contribution < 1.29 is 30.0 Å². The van der Waals surface area contributed by atoms with Gasteiger partial charge >= 0.3 is 0 Å². The molecule has 6 rings (SSSR count). The monoisotopic (exact) mass is 909 g/mol. The Hall–Kier alpha value is -2.85. The molecule has 1 aliphatic rings. The number of aliphatic hydroxyl groups is 1. The van der Waals surface area contributed by atoms with Gasteiger partial charge < -0.3 is 5.11 Å². The molecule has 0 spiro atoms. The Bertz CT molecular complexity index is 2040. The summed E-state index contributed by atoms with van der Waals surface area (Å²) in [5, 5.41) is 14.9. The van der Waals surface area contributed by atoms with E-state index in [1.807, 2.05) is 45.2 Å². The van der Waals surface area contributed by atoms with Crippen LogP contribution in [0.4, 0.5) is 0 Å². The van der Waals surface area contributed by atoms with Gasteiger partial charge in [-0.1, -0.05) is 117 Å². The van der Waals surface area contributed by atoms with Crippen molar-refractivity contribution >= 4 is 48.1 Å². The second-order valence-corrected chi connectivity index (χ2v) is 18.9. The van der Waals surface area contributed by atoms with Crippen molar-refractivity contribution in [1.29, 1.82) is 0 Å². The van der Waals surface area contributed by atoms with Crippen LogP contribution in [0.3, 0.4) is 0 Å². The molecule has 1 saturated carbocycles. The number of benzene rings is 3. The summed E-state index contributed by atoms with van der Waals surface area (Å²) in [5.74, 6) is 1.17. The van der Waals surface area contributed by atoms with Gasteiger partial charge in [0.05, 0.1) is 5.76 Å². The number of rotatable bonds is 9. The second kappa shape index (κ2) is 17.3. The number of fused-ring (bicyclic) bond motifs is 4. The molecule has 0 atom stereocenters. The molecule has 1 N–H and O–H groups in total. The summed E-state index contributed by atoms with van der Waals surface area (Å²) < 4.78 is 2.64. The Morgan fingerprint density at radius 2 is 1.51 bits per heavy atom. The van der Waals surface area contributed by atoms with E-state index < -0.39 is 0 Å². The third-order valence-corrected chi connectivity index (χ3v) is 12.5. The Morgan fingerprint density at radius 3 is 2.11 bits per heavy atom. The summed E-state index contributed by atoms with van der Waals surface area (Å²) in [6.07, 6.45) is 10.7.